The fourth-order valence-corrected chi connectivity index (χ4v) is 4.27. The zero-order chi connectivity index (χ0) is 16.7. The smallest absolute Gasteiger partial charge is 0.188 e. The van der Waals surface area contributed by atoms with Gasteiger partial charge in [-0.15, -0.1) is 0 Å². The van der Waals surface area contributed by atoms with Crippen LogP contribution in [0, 0.1) is 5.92 Å². The van der Waals surface area contributed by atoms with Gasteiger partial charge in [0.2, 0.25) is 0 Å². The molecule has 2 fully saturated rings. The van der Waals surface area contributed by atoms with Crippen LogP contribution in [0.25, 0.3) is 0 Å². The molecule has 2 aliphatic rings. The van der Waals surface area contributed by atoms with Crippen molar-refractivity contribution in [3.63, 3.8) is 0 Å². The van der Waals surface area contributed by atoms with Gasteiger partial charge in [-0.3, -0.25) is 9.89 Å². The molecular weight excluding hydrogens is 286 g/mol. The van der Waals surface area contributed by atoms with Crippen molar-refractivity contribution >= 4 is 5.96 Å². The van der Waals surface area contributed by atoms with Crippen molar-refractivity contribution in [1.29, 1.82) is 0 Å². The van der Waals surface area contributed by atoms with Gasteiger partial charge in [-0.1, -0.05) is 26.2 Å². The van der Waals surface area contributed by atoms with Gasteiger partial charge in [-0.2, -0.15) is 0 Å². The first-order valence-corrected chi connectivity index (χ1v) is 9.56. The molecule has 0 amide bonds. The van der Waals surface area contributed by atoms with Crippen molar-refractivity contribution in [2.75, 3.05) is 40.3 Å². The Morgan fingerprint density at radius 3 is 2.61 bits per heavy atom. The highest BCUT2D eigenvalue weighted by Gasteiger charge is 2.25. The molecule has 0 spiro atoms. The van der Waals surface area contributed by atoms with Crippen LogP contribution in [-0.2, 0) is 0 Å². The summed E-state index contributed by atoms with van der Waals surface area (Å²) in [5.74, 6) is 1.40. The summed E-state index contributed by atoms with van der Waals surface area (Å²) >= 11 is 0. The number of aliphatic imine (C=N–C) groups is 1. The van der Waals surface area contributed by atoms with E-state index in [9.17, 15) is 0 Å². The van der Waals surface area contributed by atoms with Crippen LogP contribution in [-0.4, -0.2) is 68.1 Å². The van der Waals surface area contributed by atoms with Crippen LogP contribution in [0.5, 0.6) is 0 Å². The number of nitrogens with two attached hydrogens (primary N) is 1. The van der Waals surface area contributed by atoms with Gasteiger partial charge in [0, 0.05) is 18.6 Å². The number of likely N-dealkylation sites (tertiary alicyclic amines) is 1. The van der Waals surface area contributed by atoms with Crippen LogP contribution in [0.3, 0.4) is 0 Å². The Labute approximate surface area is 142 Å². The molecule has 1 aliphatic heterocycles. The molecule has 3 N–H and O–H groups in total. The summed E-state index contributed by atoms with van der Waals surface area (Å²) in [6, 6.07) is 1.14. The van der Waals surface area contributed by atoms with E-state index in [0.717, 1.165) is 25.6 Å². The molecule has 1 aliphatic carbocycles. The lowest BCUT2D eigenvalue weighted by Gasteiger charge is -2.34. The van der Waals surface area contributed by atoms with Crippen molar-refractivity contribution in [3.8, 4) is 0 Å². The summed E-state index contributed by atoms with van der Waals surface area (Å²) in [6.45, 7) is 6.34. The Bertz CT molecular complexity index is 362. The summed E-state index contributed by atoms with van der Waals surface area (Å²) < 4.78 is 0. The maximum Gasteiger partial charge on any atom is 0.188 e. The van der Waals surface area contributed by atoms with Crippen molar-refractivity contribution in [2.24, 2.45) is 16.6 Å². The molecular formula is C18H37N5. The standard InChI is InChI=1S/C18H37N5/c1-4-23-12-8-11-16(23)13-20-18(19)21-14-17(22(2)3)15-9-6-5-7-10-15/h15-17H,4-14H2,1-3H3,(H3,19,20,21). The first-order valence-electron chi connectivity index (χ1n) is 9.56. The van der Waals surface area contributed by atoms with Crippen LogP contribution in [0.1, 0.15) is 51.9 Å². The van der Waals surface area contributed by atoms with Crippen molar-refractivity contribution in [1.82, 2.24) is 15.1 Å². The molecule has 1 saturated heterocycles. The highest BCUT2D eigenvalue weighted by Crippen LogP contribution is 2.28. The Hall–Kier alpha value is -0.810. The second kappa shape index (κ2) is 9.48. The molecule has 134 valence electrons. The molecule has 1 saturated carbocycles. The third kappa shape index (κ3) is 5.64. The average molecular weight is 324 g/mol. The minimum atomic E-state index is 0.522. The van der Waals surface area contributed by atoms with Crippen LogP contribution in [0.15, 0.2) is 4.99 Å². The number of likely N-dealkylation sites (N-methyl/N-ethyl adjacent to an activating group) is 2. The normalized spacial score (nSPS) is 25.9. The van der Waals surface area contributed by atoms with E-state index in [0.29, 0.717) is 18.0 Å². The maximum atomic E-state index is 6.12. The molecule has 2 atom stereocenters. The van der Waals surface area contributed by atoms with Gasteiger partial charge in [0.1, 0.15) is 0 Å². The predicted octanol–water partition coefficient (Wildman–Crippen LogP) is 1.89. The number of hydrogen-bond acceptors (Lipinski definition) is 3. The Morgan fingerprint density at radius 1 is 1.22 bits per heavy atom. The van der Waals surface area contributed by atoms with E-state index in [1.807, 2.05) is 0 Å². The highest BCUT2D eigenvalue weighted by atomic mass is 15.2. The number of hydrogen-bond donors (Lipinski definition) is 2. The number of nitrogens with one attached hydrogen (secondary N) is 1. The van der Waals surface area contributed by atoms with Gasteiger partial charge < -0.3 is 16.0 Å². The van der Waals surface area contributed by atoms with E-state index < -0.39 is 0 Å². The summed E-state index contributed by atoms with van der Waals surface area (Å²) in [4.78, 5) is 9.52. The first-order chi connectivity index (χ1) is 11.1. The van der Waals surface area contributed by atoms with Gasteiger partial charge >= 0.3 is 0 Å². The van der Waals surface area contributed by atoms with E-state index in [1.54, 1.807) is 0 Å². The Balaban J connectivity index is 1.79. The molecule has 0 aromatic carbocycles. The largest absolute Gasteiger partial charge is 0.370 e. The van der Waals surface area contributed by atoms with Crippen molar-refractivity contribution < 1.29 is 0 Å². The lowest BCUT2D eigenvalue weighted by atomic mass is 9.83. The topological polar surface area (TPSA) is 56.9 Å². The molecule has 0 bridgehead atoms. The predicted molar refractivity (Wildman–Crippen MR) is 98.8 cm³/mol. The third-order valence-corrected chi connectivity index (χ3v) is 5.73. The van der Waals surface area contributed by atoms with Gasteiger partial charge in [-0.05, 0) is 58.8 Å². The van der Waals surface area contributed by atoms with Crippen molar-refractivity contribution in [3.05, 3.63) is 0 Å². The second-order valence-electron chi connectivity index (χ2n) is 7.46. The van der Waals surface area contributed by atoms with E-state index in [4.69, 9.17) is 5.73 Å². The van der Waals surface area contributed by atoms with E-state index in [-0.39, 0.29) is 0 Å². The summed E-state index contributed by atoms with van der Waals surface area (Å²) in [7, 11) is 4.35. The minimum Gasteiger partial charge on any atom is -0.370 e. The van der Waals surface area contributed by atoms with Gasteiger partial charge in [0.25, 0.3) is 0 Å². The average Bonchev–Trinajstić information content (AvgIpc) is 3.01. The molecule has 2 unspecified atom stereocenters. The molecule has 23 heavy (non-hydrogen) atoms. The lowest BCUT2D eigenvalue weighted by molar-refractivity contribution is 0.176. The van der Waals surface area contributed by atoms with Crippen LogP contribution < -0.4 is 11.1 Å². The minimum absolute atomic E-state index is 0.522. The lowest BCUT2D eigenvalue weighted by Crippen LogP contribution is -2.44. The summed E-state index contributed by atoms with van der Waals surface area (Å²) in [6.07, 6.45) is 9.43. The second-order valence-corrected chi connectivity index (χ2v) is 7.46. The summed E-state index contributed by atoms with van der Waals surface area (Å²) in [5, 5.41) is 3.35. The Kier molecular flexibility index (Phi) is 7.63. The molecule has 0 aromatic heterocycles. The van der Waals surface area contributed by atoms with Gasteiger partial charge in [0.05, 0.1) is 6.54 Å². The van der Waals surface area contributed by atoms with Gasteiger partial charge in [0.15, 0.2) is 5.96 Å². The van der Waals surface area contributed by atoms with Crippen LogP contribution in [0.2, 0.25) is 0 Å². The monoisotopic (exact) mass is 323 g/mol. The fraction of sp³-hybridized carbons (Fsp3) is 0.944. The molecule has 0 radical (unpaired) electrons. The van der Waals surface area contributed by atoms with E-state index >= 15 is 0 Å². The van der Waals surface area contributed by atoms with E-state index in [2.05, 4.69) is 41.1 Å². The van der Waals surface area contributed by atoms with Crippen LogP contribution >= 0.6 is 0 Å². The molecule has 5 nitrogen and oxygen atoms in total. The number of rotatable bonds is 7. The van der Waals surface area contributed by atoms with Crippen LogP contribution in [0.4, 0.5) is 0 Å². The molecule has 0 aromatic rings. The molecule has 5 heteroatoms. The molecule has 1 heterocycles. The number of nitrogens with zero attached hydrogens (tertiary/aromatic N) is 3. The summed E-state index contributed by atoms with van der Waals surface area (Å²) in [5.41, 5.74) is 6.12. The Morgan fingerprint density at radius 2 is 1.96 bits per heavy atom. The highest BCUT2D eigenvalue weighted by molar-refractivity contribution is 5.77. The fourth-order valence-electron chi connectivity index (χ4n) is 4.27. The van der Waals surface area contributed by atoms with Crippen molar-refractivity contribution in [2.45, 2.75) is 64.0 Å². The van der Waals surface area contributed by atoms with Gasteiger partial charge in [-0.25, -0.2) is 0 Å². The molecule has 2 rings (SSSR count). The zero-order valence-corrected chi connectivity index (χ0v) is 15.4. The maximum absolute atomic E-state index is 6.12. The zero-order valence-electron chi connectivity index (χ0n) is 15.4. The number of guanidine groups is 1. The first kappa shape index (κ1) is 18.5. The third-order valence-electron chi connectivity index (χ3n) is 5.73. The SMILES string of the molecule is CCN1CCCC1CNC(N)=NCC(C1CCCCC1)N(C)C. The quantitative estimate of drug-likeness (QED) is 0.555. The van der Waals surface area contributed by atoms with E-state index in [1.165, 1.54) is 51.5 Å².